The topological polar surface area (TPSA) is 55.6 Å². The van der Waals surface area contributed by atoms with Gasteiger partial charge in [-0.15, -0.1) is 0 Å². The van der Waals surface area contributed by atoms with Gasteiger partial charge in [-0.1, -0.05) is 13.8 Å². The summed E-state index contributed by atoms with van der Waals surface area (Å²) in [4.78, 5) is 8.73. The van der Waals surface area contributed by atoms with Crippen molar-refractivity contribution < 1.29 is 0 Å². The van der Waals surface area contributed by atoms with Crippen LogP contribution in [-0.2, 0) is 6.54 Å². The Bertz CT molecular complexity index is 504. The minimum absolute atomic E-state index is 0.634. The summed E-state index contributed by atoms with van der Waals surface area (Å²) in [5, 5.41) is 7.58. The summed E-state index contributed by atoms with van der Waals surface area (Å²) >= 11 is 0. The van der Waals surface area contributed by atoms with Gasteiger partial charge in [0.25, 0.3) is 0 Å². The van der Waals surface area contributed by atoms with Crippen molar-refractivity contribution in [3.8, 4) is 5.82 Å². The minimum Gasteiger partial charge on any atom is -0.311 e. The van der Waals surface area contributed by atoms with E-state index in [-0.39, 0.29) is 0 Å². The third-order valence-corrected chi connectivity index (χ3v) is 2.48. The predicted octanol–water partition coefficient (Wildman–Crippen LogP) is 1.72. The van der Waals surface area contributed by atoms with E-state index in [1.807, 2.05) is 19.3 Å². The Balaban J connectivity index is 2.05. The van der Waals surface area contributed by atoms with Gasteiger partial charge in [-0.25, -0.2) is 9.67 Å². The lowest BCUT2D eigenvalue weighted by Gasteiger charge is -2.07. The van der Waals surface area contributed by atoms with E-state index in [1.54, 1.807) is 17.1 Å². The third-order valence-electron chi connectivity index (χ3n) is 2.48. The van der Waals surface area contributed by atoms with E-state index in [2.05, 4.69) is 34.2 Å². The largest absolute Gasteiger partial charge is 0.311 e. The Morgan fingerprint density at radius 3 is 2.78 bits per heavy atom. The van der Waals surface area contributed by atoms with Gasteiger partial charge >= 0.3 is 0 Å². The number of hydrogen-bond donors (Lipinski definition) is 1. The first-order valence-electron chi connectivity index (χ1n) is 6.18. The van der Waals surface area contributed by atoms with Crippen LogP contribution >= 0.6 is 0 Å². The molecule has 0 bridgehead atoms. The first-order valence-corrected chi connectivity index (χ1v) is 6.18. The Kier molecular flexibility index (Phi) is 4.04. The summed E-state index contributed by atoms with van der Waals surface area (Å²) in [5.41, 5.74) is 2.04. The molecule has 0 atom stereocenters. The maximum atomic E-state index is 4.53. The molecule has 0 aliphatic rings. The molecule has 0 aliphatic heterocycles. The van der Waals surface area contributed by atoms with Gasteiger partial charge in [-0.2, -0.15) is 5.10 Å². The number of rotatable bonds is 5. The van der Waals surface area contributed by atoms with Crippen molar-refractivity contribution >= 4 is 0 Å². The lowest BCUT2D eigenvalue weighted by molar-refractivity contribution is 0.547. The smallest absolute Gasteiger partial charge is 0.172 e. The average Bonchev–Trinajstić information content (AvgIpc) is 2.76. The number of nitrogens with zero attached hydrogens (tertiary/aromatic N) is 4. The van der Waals surface area contributed by atoms with Crippen molar-refractivity contribution in [1.29, 1.82) is 0 Å². The van der Waals surface area contributed by atoms with Crippen molar-refractivity contribution in [2.45, 2.75) is 27.3 Å². The van der Waals surface area contributed by atoms with Gasteiger partial charge in [0.05, 0.1) is 18.1 Å². The molecule has 0 fully saturated rings. The highest BCUT2D eigenvalue weighted by Crippen LogP contribution is 2.04. The standard InChI is InChI=1S/C13H19N5/c1-10(2)4-14-6-12-7-15-8-13(17-12)18-9-11(3)5-16-18/h5,7-10,14H,4,6H2,1-3H3. The number of hydrogen-bond acceptors (Lipinski definition) is 4. The summed E-state index contributed by atoms with van der Waals surface area (Å²) in [6, 6.07) is 0. The molecule has 0 amide bonds. The number of aromatic nitrogens is 4. The summed E-state index contributed by atoms with van der Waals surface area (Å²) in [5.74, 6) is 1.39. The van der Waals surface area contributed by atoms with E-state index < -0.39 is 0 Å². The molecule has 96 valence electrons. The van der Waals surface area contributed by atoms with Crippen LogP contribution in [0.2, 0.25) is 0 Å². The van der Waals surface area contributed by atoms with E-state index in [1.165, 1.54) is 0 Å². The third kappa shape index (κ3) is 3.37. The maximum Gasteiger partial charge on any atom is 0.172 e. The Hall–Kier alpha value is -1.75. The monoisotopic (exact) mass is 245 g/mol. The Morgan fingerprint density at radius 2 is 2.11 bits per heavy atom. The molecule has 2 heterocycles. The Morgan fingerprint density at radius 1 is 1.28 bits per heavy atom. The lowest BCUT2D eigenvalue weighted by Crippen LogP contribution is -2.20. The van der Waals surface area contributed by atoms with E-state index in [4.69, 9.17) is 0 Å². The molecule has 0 radical (unpaired) electrons. The van der Waals surface area contributed by atoms with Gasteiger partial charge in [0.15, 0.2) is 5.82 Å². The lowest BCUT2D eigenvalue weighted by atomic mass is 10.2. The highest BCUT2D eigenvalue weighted by atomic mass is 15.3. The number of nitrogens with one attached hydrogen (secondary N) is 1. The molecule has 2 aromatic rings. The minimum atomic E-state index is 0.634. The van der Waals surface area contributed by atoms with Crippen LogP contribution < -0.4 is 5.32 Å². The molecule has 0 saturated carbocycles. The molecule has 2 aromatic heterocycles. The van der Waals surface area contributed by atoms with Crippen molar-refractivity contribution in [2.75, 3.05) is 6.54 Å². The second kappa shape index (κ2) is 5.73. The van der Waals surface area contributed by atoms with Gasteiger partial charge in [0, 0.05) is 18.9 Å². The molecule has 0 saturated heterocycles. The molecule has 0 unspecified atom stereocenters. The van der Waals surface area contributed by atoms with Gasteiger partial charge < -0.3 is 5.32 Å². The summed E-state index contributed by atoms with van der Waals surface area (Å²) in [7, 11) is 0. The fraction of sp³-hybridized carbons (Fsp3) is 0.462. The van der Waals surface area contributed by atoms with E-state index in [0.717, 1.165) is 30.2 Å². The van der Waals surface area contributed by atoms with Crippen LogP contribution in [0.3, 0.4) is 0 Å². The van der Waals surface area contributed by atoms with Gasteiger partial charge in [0.1, 0.15) is 0 Å². The molecule has 18 heavy (non-hydrogen) atoms. The first-order chi connectivity index (χ1) is 8.65. The van der Waals surface area contributed by atoms with Crippen LogP contribution in [0.5, 0.6) is 0 Å². The fourth-order valence-electron chi connectivity index (χ4n) is 1.62. The van der Waals surface area contributed by atoms with Crippen LogP contribution in [0.25, 0.3) is 5.82 Å². The fourth-order valence-corrected chi connectivity index (χ4v) is 1.62. The van der Waals surface area contributed by atoms with Crippen LogP contribution in [0.15, 0.2) is 24.8 Å². The second-order valence-corrected chi connectivity index (χ2v) is 4.86. The molecular weight excluding hydrogens is 226 g/mol. The SMILES string of the molecule is Cc1cnn(-c2cncc(CNCC(C)C)n2)c1. The van der Waals surface area contributed by atoms with Crippen LogP contribution in [-0.4, -0.2) is 26.3 Å². The van der Waals surface area contributed by atoms with Crippen LogP contribution in [0, 0.1) is 12.8 Å². The van der Waals surface area contributed by atoms with Gasteiger partial charge in [-0.3, -0.25) is 4.98 Å². The van der Waals surface area contributed by atoms with Crippen molar-refractivity contribution in [2.24, 2.45) is 5.92 Å². The first kappa shape index (κ1) is 12.7. The molecule has 0 spiro atoms. The highest BCUT2D eigenvalue weighted by molar-refractivity contribution is 5.20. The van der Waals surface area contributed by atoms with Gasteiger partial charge in [-0.05, 0) is 24.9 Å². The summed E-state index contributed by atoms with van der Waals surface area (Å²) in [6.07, 6.45) is 7.26. The van der Waals surface area contributed by atoms with E-state index >= 15 is 0 Å². The molecule has 0 aromatic carbocycles. The predicted molar refractivity (Wildman–Crippen MR) is 70.4 cm³/mol. The van der Waals surface area contributed by atoms with E-state index in [9.17, 15) is 0 Å². The number of aryl methyl sites for hydroxylation is 1. The maximum absolute atomic E-state index is 4.53. The van der Waals surface area contributed by atoms with E-state index in [0.29, 0.717) is 5.92 Å². The molecule has 1 N–H and O–H groups in total. The zero-order valence-corrected chi connectivity index (χ0v) is 11.1. The molecule has 0 aliphatic carbocycles. The molecule has 5 heteroatoms. The molecule has 2 rings (SSSR count). The zero-order chi connectivity index (χ0) is 13.0. The van der Waals surface area contributed by atoms with Crippen molar-refractivity contribution in [1.82, 2.24) is 25.1 Å². The van der Waals surface area contributed by atoms with Crippen LogP contribution in [0.1, 0.15) is 25.1 Å². The molecule has 5 nitrogen and oxygen atoms in total. The summed E-state index contributed by atoms with van der Waals surface area (Å²) < 4.78 is 1.74. The quantitative estimate of drug-likeness (QED) is 0.871. The van der Waals surface area contributed by atoms with Crippen LogP contribution in [0.4, 0.5) is 0 Å². The Labute approximate surface area is 107 Å². The normalized spacial score (nSPS) is 11.1. The zero-order valence-electron chi connectivity index (χ0n) is 11.1. The average molecular weight is 245 g/mol. The summed E-state index contributed by atoms with van der Waals surface area (Å²) in [6.45, 7) is 8.08. The highest BCUT2D eigenvalue weighted by Gasteiger charge is 2.02. The second-order valence-electron chi connectivity index (χ2n) is 4.86. The van der Waals surface area contributed by atoms with Crippen molar-refractivity contribution in [3.05, 3.63) is 36.0 Å². The van der Waals surface area contributed by atoms with Crippen molar-refractivity contribution in [3.63, 3.8) is 0 Å². The molecular formula is C13H19N5. The van der Waals surface area contributed by atoms with Gasteiger partial charge in [0.2, 0.25) is 0 Å².